The van der Waals surface area contributed by atoms with Crippen LogP contribution in [0.3, 0.4) is 0 Å². The van der Waals surface area contributed by atoms with E-state index in [1.54, 1.807) is 0 Å². The second-order valence-corrected chi connectivity index (χ2v) is 4.19. The third-order valence-electron chi connectivity index (χ3n) is 2.63. The Kier molecular flexibility index (Phi) is 8.62. The molecule has 0 bridgehead atoms. The fraction of sp³-hybridized carbons (Fsp3) is 1.00. The van der Waals surface area contributed by atoms with Gasteiger partial charge < -0.3 is 13.7 Å². The molecular weight excluding hydrogens is 246 g/mol. The number of hydrogen-bond donors (Lipinski definition) is 0. The lowest BCUT2D eigenvalue weighted by molar-refractivity contribution is 0.272. The van der Waals surface area contributed by atoms with E-state index in [2.05, 4.69) is 0 Å². The molecule has 0 aromatic carbocycles. The van der Waals surface area contributed by atoms with Gasteiger partial charge in [0.05, 0.1) is 20.0 Å². The Labute approximate surface area is 107 Å². The molecule has 3 nitrogen and oxygen atoms in total. The topological polar surface area (TPSA) is 27.7 Å². The summed E-state index contributed by atoms with van der Waals surface area (Å²) in [5.74, 6) is 0. The smallest absolute Gasteiger partial charge is 0.429 e. The summed E-state index contributed by atoms with van der Waals surface area (Å²) < 4.78 is 52.6. The largest absolute Gasteiger partial charge is 0.453 e. The van der Waals surface area contributed by atoms with Gasteiger partial charge in [-0.15, -0.1) is 0 Å². The van der Waals surface area contributed by atoms with Crippen molar-refractivity contribution in [2.24, 2.45) is 0 Å². The number of alkyl halides is 3. The molecule has 0 aromatic heterocycles. The first kappa shape index (κ1) is 15.9. The second-order valence-electron chi connectivity index (χ2n) is 4.19. The third kappa shape index (κ3) is 6.16. The van der Waals surface area contributed by atoms with Gasteiger partial charge in [0.1, 0.15) is 0 Å². The molecular formula is C9H18B3F3O3. The van der Waals surface area contributed by atoms with Gasteiger partial charge in [0.2, 0.25) is 0 Å². The Balaban J connectivity index is 2.38. The molecule has 1 rings (SSSR count). The molecule has 0 N–H and O–H groups in total. The average Bonchev–Trinajstić information content (AvgIpc) is 2.40. The van der Waals surface area contributed by atoms with Crippen molar-refractivity contribution < 1.29 is 26.9 Å². The zero-order valence-corrected chi connectivity index (χ0v) is 10.5. The Hall–Kier alpha value is -0.135. The van der Waals surface area contributed by atoms with Crippen LogP contribution in [-0.2, 0) is 13.7 Å². The molecule has 0 atom stereocenters. The van der Waals surface area contributed by atoms with Gasteiger partial charge >= 0.3 is 21.4 Å². The van der Waals surface area contributed by atoms with Gasteiger partial charge in [-0.05, 0) is 38.2 Å². The molecule has 1 aliphatic heterocycles. The summed E-state index contributed by atoms with van der Waals surface area (Å²) in [6, 6.07) is 0. The highest BCUT2D eigenvalue weighted by atomic mass is 19.1. The molecule has 1 saturated heterocycles. The predicted octanol–water partition coefficient (Wildman–Crippen LogP) is 2.59. The summed E-state index contributed by atoms with van der Waals surface area (Å²) in [6.07, 6.45) is 2.32. The first-order valence-electron chi connectivity index (χ1n) is 6.44. The van der Waals surface area contributed by atoms with Crippen molar-refractivity contribution in [1.29, 1.82) is 0 Å². The van der Waals surface area contributed by atoms with Crippen molar-refractivity contribution >= 4 is 21.4 Å². The van der Waals surface area contributed by atoms with Crippen LogP contribution in [0.25, 0.3) is 0 Å². The Bertz CT molecular complexity index is 177. The van der Waals surface area contributed by atoms with Crippen molar-refractivity contribution in [2.45, 2.75) is 38.2 Å². The Morgan fingerprint density at radius 1 is 0.556 bits per heavy atom. The fourth-order valence-corrected chi connectivity index (χ4v) is 1.74. The van der Waals surface area contributed by atoms with Gasteiger partial charge in [-0.2, -0.15) is 0 Å². The van der Waals surface area contributed by atoms with Crippen molar-refractivity contribution in [3.63, 3.8) is 0 Å². The van der Waals surface area contributed by atoms with Crippen LogP contribution >= 0.6 is 0 Å². The number of rotatable bonds is 9. The van der Waals surface area contributed by atoms with Crippen molar-refractivity contribution in [1.82, 2.24) is 0 Å². The van der Waals surface area contributed by atoms with E-state index in [0.29, 0.717) is 38.2 Å². The minimum Gasteiger partial charge on any atom is -0.453 e. The normalized spacial score (nSPS) is 16.5. The van der Waals surface area contributed by atoms with Crippen LogP contribution < -0.4 is 0 Å². The molecule has 1 fully saturated rings. The van der Waals surface area contributed by atoms with Crippen LogP contribution in [0.1, 0.15) is 19.3 Å². The predicted molar refractivity (Wildman–Crippen MR) is 66.7 cm³/mol. The maximum atomic E-state index is 12.1. The van der Waals surface area contributed by atoms with Crippen LogP contribution in [0.2, 0.25) is 19.0 Å². The van der Waals surface area contributed by atoms with E-state index in [1.807, 2.05) is 0 Å². The van der Waals surface area contributed by atoms with Crippen LogP contribution in [0.15, 0.2) is 0 Å². The highest BCUT2D eigenvalue weighted by Gasteiger charge is 2.39. The van der Waals surface area contributed by atoms with E-state index in [1.165, 1.54) is 0 Å². The SMILES string of the molecule is FCCCB1OB(CCCF)OB(CCCF)O1. The molecule has 1 heterocycles. The van der Waals surface area contributed by atoms with Gasteiger partial charge in [-0.1, -0.05) is 0 Å². The lowest BCUT2D eigenvalue weighted by atomic mass is 9.64. The Morgan fingerprint density at radius 3 is 1.06 bits per heavy atom. The molecule has 0 amide bonds. The van der Waals surface area contributed by atoms with Crippen LogP contribution in [0, 0.1) is 0 Å². The van der Waals surface area contributed by atoms with Gasteiger partial charge in [-0.25, -0.2) is 0 Å². The van der Waals surface area contributed by atoms with E-state index in [-0.39, 0.29) is 0 Å². The molecule has 0 aromatic rings. The van der Waals surface area contributed by atoms with E-state index in [0.717, 1.165) is 0 Å². The molecule has 0 saturated carbocycles. The van der Waals surface area contributed by atoms with Gasteiger partial charge in [0, 0.05) is 0 Å². The monoisotopic (exact) mass is 264 g/mol. The first-order valence-corrected chi connectivity index (χ1v) is 6.44. The summed E-state index contributed by atoms with van der Waals surface area (Å²) >= 11 is 0. The van der Waals surface area contributed by atoms with Crippen LogP contribution in [0.5, 0.6) is 0 Å². The zero-order valence-electron chi connectivity index (χ0n) is 10.5. The van der Waals surface area contributed by atoms with Crippen molar-refractivity contribution in [2.75, 3.05) is 20.0 Å². The highest BCUT2D eigenvalue weighted by molar-refractivity contribution is 6.73. The third-order valence-corrected chi connectivity index (χ3v) is 2.63. The molecule has 0 spiro atoms. The van der Waals surface area contributed by atoms with Gasteiger partial charge in [0.25, 0.3) is 0 Å². The maximum Gasteiger partial charge on any atom is 0.429 e. The lowest BCUT2D eigenvalue weighted by Gasteiger charge is -2.31. The van der Waals surface area contributed by atoms with E-state index < -0.39 is 41.4 Å². The number of hydrogen-bond acceptors (Lipinski definition) is 3. The molecule has 1 aliphatic rings. The van der Waals surface area contributed by atoms with E-state index in [4.69, 9.17) is 13.7 Å². The van der Waals surface area contributed by atoms with Crippen LogP contribution in [-0.4, -0.2) is 41.4 Å². The summed E-state index contributed by atoms with van der Waals surface area (Å²) in [5, 5.41) is 0. The van der Waals surface area contributed by atoms with Gasteiger partial charge in [-0.3, -0.25) is 13.2 Å². The molecule has 102 valence electrons. The molecule has 18 heavy (non-hydrogen) atoms. The van der Waals surface area contributed by atoms with Crippen molar-refractivity contribution in [3.05, 3.63) is 0 Å². The van der Waals surface area contributed by atoms with E-state index in [9.17, 15) is 13.2 Å². The maximum absolute atomic E-state index is 12.1. The molecule has 9 heteroatoms. The lowest BCUT2D eigenvalue weighted by Crippen LogP contribution is -2.48. The minimum atomic E-state index is -0.538. The first-order chi connectivity index (χ1) is 8.80. The summed E-state index contributed by atoms with van der Waals surface area (Å²) in [4.78, 5) is 0. The summed E-state index contributed by atoms with van der Waals surface area (Å²) in [6.45, 7) is -1.31. The highest BCUT2D eigenvalue weighted by Crippen LogP contribution is 2.19. The quantitative estimate of drug-likeness (QED) is 0.599. The summed E-state index contributed by atoms with van der Waals surface area (Å²) in [7, 11) is -1.61. The molecule has 0 radical (unpaired) electrons. The number of halogens is 3. The average molecular weight is 264 g/mol. The zero-order chi connectivity index (χ0) is 13.2. The molecule has 0 unspecified atom stereocenters. The van der Waals surface area contributed by atoms with E-state index >= 15 is 0 Å². The fourth-order valence-electron chi connectivity index (χ4n) is 1.74. The van der Waals surface area contributed by atoms with Crippen LogP contribution in [0.4, 0.5) is 13.2 Å². The second kappa shape index (κ2) is 9.75. The minimum absolute atomic E-state index is 0.344. The standard InChI is InChI=1S/C9H18B3F3O3/c13-7-1-4-10-16-11(5-2-8-14)18-12(17-10)6-3-9-15/h1-9H2. The molecule has 0 aliphatic carbocycles. The Morgan fingerprint density at radius 2 is 0.833 bits per heavy atom. The van der Waals surface area contributed by atoms with Gasteiger partial charge in [0.15, 0.2) is 0 Å². The van der Waals surface area contributed by atoms with Crippen molar-refractivity contribution in [3.8, 4) is 0 Å². The summed E-state index contributed by atoms with van der Waals surface area (Å²) in [5.41, 5.74) is 0.